The topological polar surface area (TPSA) is 41.1 Å². The van der Waals surface area contributed by atoms with E-state index in [0.29, 0.717) is 0 Å². The van der Waals surface area contributed by atoms with Crippen molar-refractivity contribution in [2.75, 3.05) is 10.6 Å². The molecule has 1 aromatic carbocycles. The quantitative estimate of drug-likeness (QED) is 0.778. The molecule has 1 aliphatic heterocycles. The van der Waals surface area contributed by atoms with Crippen LogP contribution in [-0.2, 0) is 11.2 Å². The van der Waals surface area contributed by atoms with Crippen LogP contribution in [0.3, 0.4) is 0 Å². The van der Waals surface area contributed by atoms with Crippen molar-refractivity contribution in [2.45, 2.75) is 44.6 Å². The van der Waals surface area contributed by atoms with Crippen molar-refractivity contribution in [3.63, 3.8) is 0 Å². The lowest BCUT2D eigenvalue weighted by molar-refractivity contribution is -0.120. The van der Waals surface area contributed by atoms with Gasteiger partial charge in [-0.1, -0.05) is 25.8 Å². The molecule has 17 heavy (non-hydrogen) atoms. The van der Waals surface area contributed by atoms with Crippen LogP contribution in [0.5, 0.6) is 0 Å². The number of carbonyl (C=O) groups is 1. The maximum Gasteiger partial charge on any atom is 0.250 e. The molecule has 1 fully saturated rings. The zero-order valence-electron chi connectivity index (χ0n) is 10.2. The molecule has 0 aromatic heterocycles. The normalized spacial score (nSPS) is 20.9. The highest BCUT2D eigenvalue weighted by atomic mass is 16.2. The minimum absolute atomic E-state index is 0.145. The lowest BCUT2D eigenvalue weighted by Crippen LogP contribution is -2.50. The second-order valence-electron chi connectivity index (χ2n) is 5.10. The first-order valence-electron chi connectivity index (χ1n) is 6.46. The number of rotatable bonds is 1. The Bertz CT molecular complexity index is 461. The van der Waals surface area contributed by atoms with E-state index in [1.165, 1.54) is 5.56 Å². The van der Waals surface area contributed by atoms with Crippen LogP contribution >= 0.6 is 0 Å². The molecule has 90 valence electrons. The number of hydrogen-bond donors (Lipinski definition) is 2. The molecule has 0 atom stereocenters. The van der Waals surface area contributed by atoms with Gasteiger partial charge in [-0.25, -0.2) is 0 Å². The average molecular weight is 230 g/mol. The smallest absolute Gasteiger partial charge is 0.250 e. The number of amides is 1. The number of carbonyl (C=O) groups excluding carboxylic acids is 1. The minimum atomic E-state index is -0.334. The van der Waals surface area contributed by atoms with Crippen LogP contribution in [0.25, 0.3) is 0 Å². The molecule has 1 aliphatic carbocycles. The second kappa shape index (κ2) is 3.76. The van der Waals surface area contributed by atoms with Crippen LogP contribution < -0.4 is 10.6 Å². The van der Waals surface area contributed by atoms with E-state index in [9.17, 15) is 4.79 Å². The Morgan fingerprint density at radius 2 is 2.00 bits per heavy atom. The zero-order chi connectivity index (χ0) is 11.9. The van der Waals surface area contributed by atoms with Gasteiger partial charge in [-0.3, -0.25) is 4.79 Å². The van der Waals surface area contributed by atoms with Gasteiger partial charge in [0, 0.05) is 0 Å². The summed E-state index contributed by atoms with van der Waals surface area (Å²) in [6.07, 6.45) is 5.21. The molecule has 3 heteroatoms. The molecule has 1 spiro atoms. The van der Waals surface area contributed by atoms with Gasteiger partial charge in [-0.05, 0) is 37.0 Å². The van der Waals surface area contributed by atoms with Gasteiger partial charge in [0.15, 0.2) is 0 Å². The van der Waals surface area contributed by atoms with E-state index in [0.717, 1.165) is 43.5 Å². The first-order valence-corrected chi connectivity index (χ1v) is 6.46. The van der Waals surface area contributed by atoms with Crippen molar-refractivity contribution in [3.8, 4) is 0 Å². The molecule has 3 nitrogen and oxygen atoms in total. The van der Waals surface area contributed by atoms with E-state index >= 15 is 0 Å². The van der Waals surface area contributed by atoms with Gasteiger partial charge >= 0.3 is 0 Å². The zero-order valence-corrected chi connectivity index (χ0v) is 10.2. The van der Waals surface area contributed by atoms with Gasteiger partial charge in [0.2, 0.25) is 5.91 Å². The van der Waals surface area contributed by atoms with Gasteiger partial charge < -0.3 is 10.6 Å². The van der Waals surface area contributed by atoms with E-state index in [1.54, 1.807) is 0 Å². The number of anilines is 2. The molecule has 1 amide bonds. The van der Waals surface area contributed by atoms with Crippen molar-refractivity contribution in [1.29, 1.82) is 0 Å². The third kappa shape index (κ3) is 1.61. The molecule has 1 heterocycles. The van der Waals surface area contributed by atoms with Gasteiger partial charge in [0.05, 0.1) is 11.4 Å². The van der Waals surface area contributed by atoms with E-state index in [2.05, 4.69) is 29.7 Å². The summed E-state index contributed by atoms with van der Waals surface area (Å²) in [5.74, 6) is 0.145. The van der Waals surface area contributed by atoms with Crippen molar-refractivity contribution in [3.05, 3.63) is 23.8 Å². The van der Waals surface area contributed by atoms with Crippen LogP contribution in [0.15, 0.2) is 18.2 Å². The van der Waals surface area contributed by atoms with Crippen molar-refractivity contribution >= 4 is 17.3 Å². The molecule has 0 unspecified atom stereocenters. The monoisotopic (exact) mass is 230 g/mol. The number of hydrogen-bond acceptors (Lipinski definition) is 2. The van der Waals surface area contributed by atoms with E-state index in [4.69, 9.17) is 0 Å². The summed E-state index contributed by atoms with van der Waals surface area (Å²) in [7, 11) is 0. The first kappa shape index (κ1) is 10.6. The molecule has 2 aliphatic rings. The number of fused-ring (bicyclic) bond motifs is 1. The number of benzene rings is 1. The molecule has 1 aromatic rings. The Balaban J connectivity index is 1.99. The fourth-order valence-corrected chi connectivity index (χ4v) is 2.91. The Kier molecular flexibility index (Phi) is 2.35. The largest absolute Gasteiger partial charge is 0.370 e. The number of aryl methyl sites for hydroxylation is 1. The molecular weight excluding hydrogens is 212 g/mol. The summed E-state index contributed by atoms with van der Waals surface area (Å²) >= 11 is 0. The van der Waals surface area contributed by atoms with Crippen LogP contribution in [0, 0.1) is 0 Å². The Morgan fingerprint density at radius 1 is 1.24 bits per heavy atom. The van der Waals surface area contributed by atoms with Crippen LogP contribution in [0.4, 0.5) is 11.4 Å². The highest BCUT2D eigenvalue weighted by molar-refractivity contribution is 6.06. The second-order valence-corrected chi connectivity index (χ2v) is 5.10. The highest BCUT2D eigenvalue weighted by Gasteiger charge is 2.43. The summed E-state index contributed by atoms with van der Waals surface area (Å²) in [4.78, 5) is 12.2. The van der Waals surface area contributed by atoms with E-state index in [1.807, 2.05) is 6.07 Å². The lowest BCUT2D eigenvalue weighted by atomic mass is 9.92. The predicted octanol–water partition coefficient (Wildman–Crippen LogP) is 2.93. The van der Waals surface area contributed by atoms with E-state index in [-0.39, 0.29) is 11.4 Å². The Labute approximate surface area is 102 Å². The van der Waals surface area contributed by atoms with Gasteiger partial charge in [-0.15, -0.1) is 0 Å². The average Bonchev–Trinajstić information content (AvgIpc) is 2.80. The minimum Gasteiger partial charge on any atom is -0.370 e. The maximum atomic E-state index is 12.2. The Morgan fingerprint density at radius 3 is 2.71 bits per heavy atom. The third-order valence-electron chi connectivity index (χ3n) is 4.01. The molecule has 1 saturated carbocycles. The SMILES string of the molecule is CCc1ccc2c(c1)NC1(CCCC1)C(=O)N2. The fraction of sp³-hybridized carbons (Fsp3) is 0.500. The van der Waals surface area contributed by atoms with Gasteiger partial charge in [0.1, 0.15) is 5.54 Å². The maximum absolute atomic E-state index is 12.2. The number of nitrogens with one attached hydrogen (secondary N) is 2. The fourth-order valence-electron chi connectivity index (χ4n) is 2.91. The molecule has 0 radical (unpaired) electrons. The van der Waals surface area contributed by atoms with Crippen LogP contribution in [-0.4, -0.2) is 11.4 Å². The summed E-state index contributed by atoms with van der Waals surface area (Å²) in [5, 5.41) is 6.53. The van der Waals surface area contributed by atoms with Crippen LogP contribution in [0.1, 0.15) is 38.2 Å². The van der Waals surface area contributed by atoms with Gasteiger partial charge in [0.25, 0.3) is 0 Å². The Hall–Kier alpha value is -1.51. The summed E-state index contributed by atoms with van der Waals surface area (Å²) in [6.45, 7) is 2.15. The molecule has 3 rings (SSSR count). The summed E-state index contributed by atoms with van der Waals surface area (Å²) < 4.78 is 0. The standard InChI is InChI=1S/C14H18N2O/c1-2-10-5-6-11-12(9-10)16-14(13(17)15-11)7-3-4-8-14/h5-6,9,16H,2-4,7-8H2,1H3,(H,15,17). The summed E-state index contributed by atoms with van der Waals surface area (Å²) in [5.41, 5.74) is 2.98. The molecule has 2 N–H and O–H groups in total. The van der Waals surface area contributed by atoms with E-state index < -0.39 is 0 Å². The molecule has 0 bridgehead atoms. The van der Waals surface area contributed by atoms with Crippen molar-refractivity contribution in [1.82, 2.24) is 0 Å². The third-order valence-corrected chi connectivity index (χ3v) is 4.01. The molecule has 0 saturated heterocycles. The lowest BCUT2D eigenvalue weighted by Gasteiger charge is -2.35. The predicted molar refractivity (Wildman–Crippen MR) is 69.3 cm³/mol. The highest BCUT2D eigenvalue weighted by Crippen LogP contribution is 2.40. The molecular formula is C14H18N2O. The van der Waals surface area contributed by atoms with Crippen LogP contribution in [0.2, 0.25) is 0 Å². The van der Waals surface area contributed by atoms with Crippen molar-refractivity contribution in [2.24, 2.45) is 0 Å². The van der Waals surface area contributed by atoms with Gasteiger partial charge in [-0.2, -0.15) is 0 Å². The first-order chi connectivity index (χ1) is 8.23. The summed E-state index contributed by atoms with van der Waals surface area (Å²) in [6, 6.07) is 6.24. The van der Waals surface area contributed by atoms with Crippen molar-refractivity contribution < 1.29 is 4.79 Å².